The van der Waals surface area contributed by atoms with Crippen molar-refractivity contribution in [2.75, 3.05) is 30.1 Å². The molecule has 0 saturated carbocycles. The van der Waals surface area contributed by atoms with E-state index in [1.165, 1.54) is 11.8 Å². The van der Waals surface area contributed by atoms with E-state index in [0.29, 0.717) is 18.6 Å². The Kier molecular flexibility index (Phi) is 15.8. The normalized spacial score (nSPS) is 14.4. The van der Waals surface area contributed by atoms with Gasteiger partial charge in [-0.25, -0.2) is 4.79 Å². The Labute approximate surface area is 202 Å². The topological polar surface area (TPSA) is 215 Å². The van der Waals surface area contributed by atoms with Gasteiger partial charge < -0.3 is 38.3 Å². The monoisotopic (exact) mass is 511 g/mol. The Morgan fingerprint density at radius 3 is 2.00 bits per heavy atom. The van der Waals surface area contributed by atoms with Crippen LogP contribution in [0.5, 0.6) is 0 Å². The molecule has 4 atom stereocenters. The lowest BCUT2D eigenvalue weighted by Crippen LogP contribution is -2.58. The summed E-state index contributed by atoms with van der Waals surface area (Å²) < 4.78 is 0. The highest BCUT2D eigenvalue weighted by atomic mass is 32.2. The second-order valence-corrected chi connectivity index (χ2v) is 8.44. The molecule has 0 fully saturated rings. The first-order chi connectivity index (χ1) is 15.1. The van der Waals surface area contributed by atoms with E-state index >= 15 is 0 Å². The van der Waals surface area contributed by atoms with Gasteiger partial charge >= 0.3 is 5.97 Å². The molecular formula is C17H33N7O5S3. The Morgan fingerprint density at radius 2 is 1.50 bits per heavy atom. The van der Waals surface area contributed by atoms with Crippen LogP contribution in [-0.2, 0) is 19.2 Å². The number of thiol groups is 2. The summed E-state index contributed by atoms with van der Waals surface area (Å²) in [4.78, 5) is 52.5. The second kappa shape index (κ2) is 16.7. The zero-order chi connectivity index (χ0) is 24.7. The van der Waals surface area contributed by atoms with Crippen molar-refractivity contribution in [3.05, 3.63) is 0 Å². The first kappa shape index (κ1) is 30.2. The molecule has 0 aromatic rings. The number of hydrogen-bond acceptors (Lipinski definition) is 9. The lowest BCUT2D eigenvalue weighted by molar-refractivity contribution is -0.142. The summed E-state index contributed by atoms with van der Waals surface area (Å²) in [6.07, 6.45) is 2.56. The van der Waals surface area contributed by atoms with Crippen molar-refractivity contribution in [1.29, 1.82) is 0 Å². The van der Waals surface area contributed by atoms with Crippen molar-refractivity contribution in [1.82, 2.24) is 16.0 Å². The van der Waals surface area contributed by atoms with E-state index in [4.69, 9.17) is 17.2 Å². The lowest BCUT2D eigenvalue weighted by Gasteiger charge is -2.24. The second-order valence-electron chi connectivity index (χ2n) is 6.72. The third-order valence-corrected chi connectivity index (χ3v) is 5.56. The van der Waals surface area contributed by atoms with Crippen molar-refractivity contribution in [3.63, 3.8) is 0 Å². The van der Waals surface area contributed by atoms with E-state index in [-0.39, 0.29) is 30.4 Å². The average molecular weight is 512 g/mol. The Bertz CT molecular complexity index is 664. The summed E-state index contributed by atoms with van der Waals surface area (Å²) in [6.45, 7) is 0.208. The zero-order valence-corrected chi connectivity index (χ0v) is 20.4. The zero-order valence-electron chi connectivity index (χ0n) is 17.8. The van der Waals surface area contributed by atoms with E-state index in [2.05, 4.69) is 46.2 Å². The smallest absolute Gasteiger partial charge is 0.326 e. The predicted molar refractivity (Wildman–Crippen MR) is 132 cm³/mol. The molecule has 0 aliphatic carbocycles. The van der Waals surface area contributed by atoms with Gasteiger partial charge in [0.25, 0.3) is 0 Å². The minimum Gasteiger partial charge on any atom is -0.480 e. The number of nitrogens with one attached hydrogen (secondary N) is 3. The standard InChI is InChI=1S/C17H33N7O5S3/c1-32-6-4-10(22-13(25)9(18)7-30)14(26)24-12(8-31)15(27)23-11(16(28)29)3-2-5-21-17(19)20/h9-12,30-31H,2-8,18H2,1H3,(H,22,25)(H,23,27)(H,24,26)(H,28,29)(H4,19,20,21). The molecule has 0 aliphatic heterocycles. The van der Waals surface area contributed by atoms with Crippen LogP contribution in [0.2, 0.25) is 0 Å². The van der Waals surface area contributed by atoms with Crippen LogP contribution in [0.1, 0.15) is 19.3 Å². The number of amides is 3. The maximum absolute atomic E-state index is 12.7. The molecular weight excluding hydrogens is 478 g/mol. The summed E-state index contributed by atoms with van der Waals surface area (Å²) in [6, 6.07) is -4.12. The minimum absolute atomic E-state index is 0.0825. The molecule has 10 N–H and O–H groups in total. The maximum atomic E-state index is 12.7. The SMILES string of the molecule is CSCCC(NC(=O)C(N)CS)C(=O)NC(CS)C(=O)NC(CCCN=C(N)N)C(=O)O. The number of hydrogen-bond donors (Lipinski definition) is 9. The third-order valence-electron chi connectivity index (χ3n) is 4.15. The number of thioether (sulfide) groups is 1. The molecule has 32 heavy (non-hydrogen) atoms. The van der Waals surface area contributed by atoms with Gasteiger partial charge in [0, 0.05) is 18.1 Å². The highest BCUT2D eigenvalue weighted by molar-refractivity contribution is 7.98. The summed E-state index contributed by atoms with van der Waals surface area (Å²) in [5.41, 5.74) is 16.1. The summed E-state index contributed by atoms with van der Waals surface area (Å²) in [5.74, 6) is -2.63. The van der Waals surface area contributed by atoms with E-state index in [1.807, 2.05) is 6.26 Å². The number of carboxylic acids is 1. The number of rotatable bonds is 16. The van der Waals surface area contributed by atoms with E-state index in [0.717, 1.165) is 0 Å². The van der Waals surface area contributed by atoms with Crippen molar-refractivity contribution in [2.45, 2.75) is 43.4 Å². The minimum atomic E-state index is -1.24. The highest BCUT2D eigenvalue weighted by Gasteiger charge is 2.29. The van der Waals surface area contributed by atoms with E-state index in [1.54, 1.807) is 0 Å². The molecule has 0 bridgehead atoms. The number of carbonyl (C=O) groups excluding carboxylic acids is 3. The first-order valence-corrected chi connectivity index (χ1v) is 12.4. The number of aliphatic carboxylic acids is 1. The van der Waals surface area contributed by atoms with Crippen molar-refractivity contribution in [3.8, 4) is 0 Å². The van der Waals surface area contributed by atoms with Crippen molar-refractivity contribution in [2.24, 2.45) is 22.2 Å². The number of nitrogens with zero attached hydrogens (tertiary/aromatic N) is 1. The molecule has 0 saturated heterocycles. The van der Waals surface area contributed by atoms with Crippen LogP contribution in [0.15, 0.2) is 4.99 Å². The number of nitrogens with two attached hydrogens (primary N) is 3. The number of guanidine groups is 1. The molecule has 15 heteroatoms. The summed E-state index contributed by atoms with van der Waals surface area (Å²) in [7, 11) is 0. The molecule has 12 nitrogen and oxygen atoms in total. The van der Waals surface area contributed by atoms with Gasteiger partial charge in [-0.1, -0.05) is 0 Å². The van der Waals surface area contributed by atoms with Gasteiger partial charge in [-0.3, -0.25) is 19.4 Å². The van der Waals surface area contributed by atoms with Crippen molar-refractivity contribution >= 4 is 66.7 Å². The van der Waals surface area contributed by atoms with Crippen LogP contribution < -0.4 is 33.2 Å². The number of carbonyl (C=O) groups is 4. The third kappa shape index (κ3) is 12.3. The number of aliphatic imine (C=N–C) groups is 1. The lowest BCUT2D eigenvalue weighted by atomic mass is 10.1. The van der Waals surface area contributed by atoms with Crippen LogP contribution in [0, 0.1) is 0 Å². The molecule has 0 rings (SSSR count). The molecule has 0 radical (unpaired) electrons. The van der Waals surface area contributed by atoms with E-state index < -0.39 is 47.9 Å². The summed E-state index contributed by atoms with van der Waals surface area (Å²) in [5, 5.41) is 16.8. The van der Waals surface area contributed by atoms with Crippen LogP contribution in [-0.4, -0.2) is 89.0 Å². The molecule has 0 heterocycles. The molecule has 0 aliphatic rings. The largest absolute Gasteiger partial charge is 0.480 e. The Hall–Kier alpha value is -1.84. The van der Waals surface area contributed by atoms with Gasteiger partial charge in [-0.2, -0.15) is 37.0 Å². The van der Waals surface area contributed by atoms with Gasteiger partial charge in [0.2, 0.25) is 17.7 Å². The van der Waals surface area contributed by atoms with Crippen LogP contribution >= 0.6 is 37.0 Å². The molecule has 4 unspecified atom stereocenters. The fourth-order valence-corrected chi connectivity index (χ4v) is 3.26. The summed E-state index contributed by atoms with van der Waals surface area (Å²) >= 11 is 9.52. The Balaban J connectivity index is 5.09. The number of carboxylic acid groups (broad SMARTS) is 1. The molecule has 184 valence electrons. The fraction of sp³-hybridized carbons (Fsp3) is 0.706. The van der Waals surface area contributed by atoms with Crippen molar-refractivity contribution < 1.29 is 24.3 Å². The first-order valence-electron chi connectivity index (χ1n) is 9.72. The maximum Gasteiger partial charge on any atom is 0.326 e. The average Bonchev–Trinajstić information content (AvgIpc) is 2.75. The van der Waals surface area contributed by atoms with Gasteiger partial charge in [-0.05, 0) is 31.3 Å². The fourth-order valence-electron chi connectivity index (χ4n) is 2.37. The molecule has 0 spiro atoms. The molecule has 0 aromatic carbocycles. The Morgan fingerprint density at radius 1 is 0.938 bits per heavy atom. The highest BCUT2D eigenvalue weighted by Crippen LogP contribution is 2.04. The molecule has 3 amide bonds. The van der Waals surface area contributed by atoms with Crippen LogP contribution in [0.3, 0.4) is 0 Å². The van der Waals surface area contributed by atoms with E-state index in [9.17, 15) is 24.3 Å². The predicted octanol–water partition coefficient (Wildman–Crippen LogP) is -2.48. The van der Waals surface area contributed by atoms with Gasteiger partial charge in [0.1, 0.15) is 18.1 Å². The van der Waals surface area contributed by atoms with Gasteiger partial charge in [0.05, 0.1) is 6.04 Å². The van der Waals surface area contributed by atoms with Gasteiger partial charge in [0.15, 0.2) is 5.96 Å². The van der Waals surface area contributed by atoms with Gasteiger partial charge in [-0.15, -0.1) is 0 Å². The van der Waals surface area contributed by atoms with Crippen LogP contribution in [0.4, 0.5) is 0 Å². The molecule has 0 aromatic heterocycles. The quantitative estimate of drug-likeness (QED) is 0.0463. The van der Waals surface area contributed by atoms with Crippen LogP contribution in [0.25, 0.3) is 0 Å².